The summed E-state index contributed by atoms with van der Waals surface area (Å²) in [5.74, 6) is 0.0611. The van der Waals surface area contributed by atoms with Crippen molar-refractivity contribution in [3.05, 3.63) is 47.4 Å². The van der Waals surface area contributed by atoms with Gasteiger partial charge in [0.1, 0.15) is 18.2 Å². The predicted octanol–water partition coefficient (Wildman–Crippen LogP) is 3.53. The minimum atomic E-state index is -0.570. The van der Waals surface area contributed by atoms with Gasteiger partial charge in [0.25, 0.3) is 5.89 Å². The molecule has 2 aromatic rings. The van der Waals surface area contributed by atoms with E-state index in [4.69, 9.17) is 25.5 Å². The molecule has 0 spiro atoms. The number of ether oxygens (including phenoxy) is 2. The molecule has 0 unspecified atom stereocenters. The van der Waals surface area contributed by atoms with Crippen molar-refractivity contribution in [3.8, 4) is 5.75 Å². The van der Waals surface area contributed by atoms with Crippen LogP contribution in [0.2, 0.25) is 5.02 Å². The highest BCUT2D eigenvalue weighted by Crippen LogP contribution is 2.22. The van der Waals surface area contributed by atoms with E-state index in [-0.39, 0.29) is 42.0 Å². The van der Waals surface area contributed by atoms with Gasteiger partial charge in [0.2, 0.25) is 11.8 Å². The lowest BCUT2D eigenvalue weighted by Gasteiger charge is -2.25. The van der Waals surface area contributed by atoms with Crippen LogP contribution in [0.5, 0.6) is 5.75 Å². The maximum atomic E-state index is 13.4. The molecule has 7 nitrogen and oxygen atoms in total. The summed E-state index contributed by atoms with van der Waals surface area (Å²) >= 11 is 5.62. The number of rotatable bonds is 10. The first-order chi connectivity index (χ1) is 13.5. The summed E-state index contributed by atoms with van der Waals surface area (Å²) in [5.41, 5.74) is 0.594. The van der Waals surface area contributed by atoms with Crippen molar-refractivity contribution in [2.45, 2.75) is 38.4 Å². The number of nitrogens with one attached hydrogen (secondary N) is 1. The maximum absolute atomic E-state index is 13.4. The van der Waals surface area contributed by atoms with Gasteiger partial charge in [-0.2, -0.15) is 0 Å². The fraction of sp³-hybridized carbons (Fsp3) is 0.421. The van der Waals surface area contributed by atoms with Crippen LogP contribution >= 0.6 is 11.6 Å². The van der Waals surface area contributed by atoms with Crippen LogP contribution in [0.25, 0.3) is 5.57 Å². The van der Waals surface area contributed by atoms with Gasteiger partial charge < -0.3 is 19.2 Å². The topological polar surface area (TPSA) is 86.5 Å². The molecule has 0 aliphatic heterocycles. The van der Waals surface area contributed by atoms with Gasteiger partial charge >= 0.3 is 0 Å². The third-order valence-electron chi connectivity index (χ3n) is 4.27. The molecule has 1 saturated carbocycles. The van der Waals surface area contributed by atoms with Crippen molar-refractivity contribution < 1.29 is 23.1 Å². The number of benzene rings is 1. The maximum Gasteiger partial charge on any atom is 0.254 e. The van der Waals surface area contributed by atoms with E-state index in [0.29, 0.717) is 24.3 Å². The minimum absolute atomic E-state index is 0.0173. The van der Waals surface area contributed by atoms with E-state index >= 15 is 0 Å². The van der Waals surface area contributed by atoms with Crippen molar-refractivity contribution in [2.75, 3.05) is 13.2 Å². The molecule has 28 heavy (non-hydrogen) atoms. The molecule has 0 saturated heterocycles. The Bertz CT molecular complexity index is 838. The molecular formula is C19H21ClFN3O4. The Kier molecular flexibility index (Phi) is 7.00. The zero-order chi connectivity index (χ0) is 19.9. The SMILES string of the molecule is C=C(CCNC(=O)COC1CCC1)c1nnc(COc2ccc(Cl)c(F)c2)o1. The van der Waals surface area contributed by atoms with E-state index in [1.165, 1.54) is 18.6 Å². The standard InChI is InChI=1S/C19H21ClFN3O4/c1-12(7-8-22-17(25)10-26-13-3-2-4-13)19-24-23-18(28-19)11-27-14-5-6-15(20)16(21)9-14/h5-6,9,13H,1-4,7-8,10-11H2,(H,22,25). The number of carbonyl (C=O) groups is 1. The van der Waals surface area contributed by atoms with Crippen LogP contribution < -0.4 is 10.1 Å². The van der Waals surface area contributed by atoms with E-state index in [1.54, 1.807) is 6.07 Å². The molecule has 1 aliphatic rings. The first kappa shape index (κ1) is 20.3. The van der Waals surface area contributed by atoms with E-state index in [2.05, 4.69) is 22.1 Å². The Labute approximate surface area is 166 Å². The number of hydrogen-bond donors (Lipinski definition) is 1. The summed E-state index contributed by atoms with van der Waals surface area (Å²) in [5, 5.41) is 10.6. The smallest absolute Gasteiger partial charge is 0.254 e. The molecule has 1 aliphatic carbocycles. The number of halogens is 2. The van der Waals surface area contributed by atoms with Crippen molar-refractivity contribution in [1.29, 1.82) is 0 Å². The van der Waals surface area contributed by atoms with Crippen LogP contribution in [0, 0.1) is 5.82 Å². The highest BCUT2D eigenvalue weighted by atomic mass is 35.5. The van der Waals surface area contributed by atoms with Crippen LogP contribution in [0.3, 0.4) is 0 Å². The lowest BCUT2D eigenvalue weighted by Crippen LogP contribution is -2.32. The van der Waals surface area contributed by atoms with Crippen LogP contribution in [0.1, 0.15) is 37.5 Å². The van der Waals surface area contributed by atoms with Gasteiger partial charge in [0.15, 0.2) is 6.61 Å². The monoisotopic (exact) mass is 409 g/mol. The molecule has 0 radical (unpaired) electrons. The van der Waals surface area contributed by atoms with Gasteiger partial charge in [-0.25, -0.2) is 4.39 Å². The van der Waals surface area contributed by atoms with Gasteiger partial charge in [-0.15, -0.1) is 10.2 Å². The first-order valence-electron chi connectivity index (χ1n) is 8.98. The van der Waals surface area contributed by atoms with E-state index in [0.717, 1.165) is 12.8 Å². The summed E-state index contributed by atoms with van der Waals surface area (Å²) in [6, 6.07) is 4.12. The largest absolute Gasteiger partial charge is 0.484 e. The number of nitrogens with zero attached hydrogens (tertiary/aromatic N) is 2. The molecular weight excluding hydrogens is 389 g/mol. The molecule has 1 amide bonds. The van der Waals surface area contributed by atoms with Crippen molar-refractivity contribution >= 4 is 23.1 Å². The zero-order valence-electron chi connectivity index (χ0n) is 15.2. The normalized spacial score (nSPS) is 13.8. The molecule has 1 N–H and O–H groups in total. The highest BCUT2D eigenvalue weighted by molar-refractivity contribution is 6.30. The summed E-state index contributed by atoms with van der Waals surface area (Å²) in [6.07, 6.45) is 3.91. The second kappa shape index (κ2) is 9.66. The zero-order valence-corrected chi connectivity index (χ0v) is 16.0. The Hall–Kier alpha value is -2.45. The summed E-state index contributed by atoms with van der Waals surface area (Å²) in [4.78, 5) is 11.7. The average Bonchev–Trinajstić information content (AvgIpc) is 3.10. The summed E-state index contributed by atoms with van der Waals surface area (Å²) in [6.45, 7) is 4.34. The minimum Gasteiger partial charge on any atom is -0.484 e. The predicted molar refractivity (Wildman–Crippen MR) is 100 cm³/mol. The quantitative estimate of drug-likeness (QED) is 0.646. The fourth-order valence-corrected chi connectivity index (χ4v) is 2.53. The third kappa shape index (κ3) is 5.77. The van der Waals surface area contributed by atoms with Crippen molar-refractivity contribution in [1.82, 2.24) is 15.5 Å². The van der Waals surface area contributed by atoms with Gasteiger partial charge in [-0.3, -0.25) is 4.79 Å². The van der Waals surface area contributed by atoms with Gasteiger partial charge in [0, 0.05) is 18.2 Å². The first-order valence-corrected chi connectivity index (χ1v) is 9.35. The lowest BCUT2D eigenvalue weighted by molar-refractivity contribution is -0.129. The fourth-order valence-electron chi connectivity index (χ4n) is 2.41. The Morgan fingerprint density at radius 3 is 2.93 bits per heavy atom. The second-order valence-electron chi connectivity index (χ2n) is 6.43. The third-order valence-corrected chi connectivity index (χ3v) is 4.58. The number of amides is 1. The molecule has 1 heterocycles. The van der Waals surface area contributed by atoms with E-state index < -0.39 is 5.82 Å². The average molecular weight is 410 g/mol. The molecule has 1 aromatic carbocycles. The van der Waals surface area contributed by atoms with Crippen LogP contribution in [0.4, 0.5) is 4.39 Å². The Balaban J connectivity index is 1.38. The second-order valence-corrected chi connectivity index (χ2v) is 6.84. The van der Waals surface area contributed by atoms with Crippen LogP contribution in [-0.2, 0) is 16.1 Å². The van der Waals surface area contributed by atoms with Gasteiger partial charge in [-0.05, 0) is 37.8 Å². The molecule has 1 fully saturated rings. The Morgan fingerprint density at radius 1 is 1.39 bits per heavy atom. The molecule has 0 bridgehead atoms. The van der Waals surface area contributed by atoms with Crippen LogP contribution in [0.15, 0.2) is 29.2 Å². The summed E-state index contributed by atoms with van der Waals surface area (Å²) in [7, 11) is 0. The van der Waals surface area contributed by atoms with Gasteiger partial charge in [-0.1, -0.05) is 18.2 Å². The molecule has 9 heteroatoms. The van der Waals surface area contributed by atoms with Crippen LogP contribution in [-0.4, -0.2) is 35.4 Å². The van der Waals surface area contributed by atoms with E-state index in [1.807, 2.05) is 0 Å². The van der Waals surface area contributed by atoms with Gasteiger partial charge in [0.05, 0.1) is 11.1 Å². The molecule has 1 aromatic heterocycles. The summed E-state index contributed by atoms with van der Waals surface area (Å²) < 4.78 is 29.7. The molecule has 0 atom stereocenters. The number of aromatic nitrogens is 2. The Morgan fingerprint density at radius 2 is 2.21 bits per heavy atom. The lowest BCUT2D eigenvalue weighted by atomic mass is 9.96. The molecule has 150 valence electrons. The van der Waals surface area contributed by atoms with Crippen molar-refractivity contribution in [2.24, 2.45) is 0 Å². The van der Waals surface area contributed by atoms with Crippen molar-refractivity contribution in [3.63, 3.8) is 0 Å². The highest BCUT2D eigenvalue weighted by Gasteiger charge is 2.19. The number of carbonyl (C=O) groups excluding carboxylic acids is 1. The number of hydrogen-bond acceptors (Lipinski definition) is 6. The molecule has 3 rings (SSSR count). The van der Waals surface area contributed by atoms with E-state index in [9.17, 15) is 9.18 Å².